The zero-order valence-electron chi connectivity index (χ0n) is 8.48. The summed E-state index contributed by atoms with van der Waals surface area (Å²) in [5, 5.41) is 0. The summed E-state index contributed by atoms with van der Waals surface area (Å²) in [5.41, 5.74) is 1.38. The van der Waals surface area contributed by atoms with E-state index in [9.17, 15) is 0 Å². The van der Waals surface area contributed by atoms with Crippen molar-refractivity contribution in [2.24, 2.45) is 0 Å². The minimum Gasteiger partial charge on any atom is -0.466 e. The van der Waals surface area contributed by atoms with Crippen LogP contribution in [0.3, 0.4) is 0 Å². The van der Waals surface area contributed by atoms with E-state index in [4.69, 9.17) is 4.42 Å². The standard InChI is InChI=1S/C11H18O/c1-5-9-7-10(6-2)12-11(9)8(3)4/h7-8H,5-6H2,1-4H3. The molecule has 0 aliphatic rings. The molecule has 1 rings (SSSR count). The van der Waals surface area contributed by atoms with Gasteiger partial charge in [-0.15, -0.1) is 0 Å². The van der Waals surface area contributed by atoms with Crippen molar-refractivity contribution in [2.45, 2.75) is 46.5 Å². The highest BCUT2D eigenvalue weighted by molar-refractivity contribution is 5.24. The Morgan fingerprint density at radius 3 is 2.25 bits per heavy atom. The van der Waals surface area contributed by atoms with E-state index in [1.807, 2.05) is 0 Å². The molecule has 0 N–H and O–H groups in total. The van der Waals surface area contributed by atoms with Crippen molar-refractivity contribution < 1.29 is 4.42 Å². The summed E-state index contributed by atoms with van der Waals surface area (Å²) in [7, 11) is 0. The summed E-state index contributed by atoms with van der Waals surface area (Å²) in [6, 6.07) is 2.19. The van der Waals surface area contributed by atoms with Crippen LogP contribution in [0.15, 0.2) is 10.5 Å². The minimum atomic E-state index is 0.514. The molecule has 1 aromatic rings. The molecule has 0 saturated carbocycles. The van der Waals surface area contributed by atoms with E-state index in [-0.39, 0.29) is 0 Å². The number of rotatable bonds is 3. The fourth-order valence-corrected chi connectivity index (χ4v) is 1.44. The molecule has 0 amide bonds. The number of aryl methyl sites for hydroxylation is 2. The van der Waals surface area contributed by atoms with Gasteiger partial charge in [-0.1, -0.05) is 27.7 Å². The maximum Gasteiger partial charge on any atom is 0.109 e. The Balaban J connectivity index is 3.00. The van der Waals surface area contributed by atoms with Crippen LogP contribution in [-0.4, -0.2) is 0 Å². The predicted octanol–water partition coefficient (Wildman–Crippen LogP) is 3.53. The molecule has 0 unspecified atom stereocenters. The highest BCUT2D eigenvalue weighted by Crippen LogP contribution is 2.24. The molecule has 68 valence electrons. The van der Waals surface area contributed by atoms with Crippen molar-refractivity contribution in [1.29, 1.82) is 0 Å². The first-order valence-corrected chi connectivity index (χ1v) is 4.80. The zero-order chi connectivity index (χ0) is 9.14. The maximum absolute atomic E-state index is 5.72. The van der Waals surface area contributed by atoms with Gasteiger partial charge in [0.05, 0.1) is 0 Å². The molecule has 0 radical (unpaired) electrons. The van der Waals surface area contributed by atoms with Crippen molar-refractivity contribution in [3.8, 4) is 0 Å². The molecule has 0 spiro atoms. The second-order valence-electron chi connectivity index (χ2n) is 3.46. The average molecular weight is 166 g/mol. The number of hydrogen-bond donors (Lipinski definition) is 0. The molecule has 0 fully saturated rings. The van der Waals surface area contributed by atoms with Gasteiger partial charge >= 0.3 is 0 Å². The van der Waals surface area contributed by atoms with Gasteiger partial charge in [0.15, 0.2) is 0 Å². The van der Waals surface area contributed by atoms with E-state index in [0.29, 0.717) is 5.92 Å². The van der Waals surface area contributed by atoms with Crippen LogP contribution in [0.2, 0.25) is 0 Å². The van der Waals surface area contributed by atoms with Crippen LogP contribution in [0.4, 0.5) is 0 Å². The van der Waals surface area contributed by atoms with E-state index in [0.717, 1.165) is 18.6 Å². The topological polar surface area (TPSA) is 13.1 Å². The van der Waals surface area contributed by atoms with Crippen molar-refractivity contribution in [3.63, 3.8) is 0 Å². The molecular weight excluding hydrogens is 148 g/mol. The monoisotopic (exact) mass is 166 g/mol. The van der Waals surface area contributed by atoms with Crippen LogP contribution in [0.1, 0.15) is 50.7 Å². The Kier molecular flexibility index (Phi) is 2.96. The molecule has 0 aromatic carbocycles. The summed E-state index contributed by atoms with van der Waals surface area (Å²) >= 11 is 0. The zero-order valence-corrected chi connectivity index (χ0v) is 8.48. The molecular formula is C11H18O. The summed E-state index contributed by atoms with van der Waals surface area (Å²) in [6.45, 7) is 8.66. The van der Waals surface area contributed by atoms with Crippen LogP contribution in [0.5, 0.6) is 0 Å². The normalized spacial score (nSPS) is 11.1. The summed E-state index contributed by atoms with van der Waals surface area (Å²) < 4.78 is 5.72. The molecule has 0 atom stereocenters. The third-order valence-electron chi connectivity index (χ3n) is 2.15. The van der Waals surface area contributed by atoms with Gasteiger partial charge in [0.25, 0.3) is 0 Å². The molecule has 0 bridgehead atoms. The Hall–Kier alpha value is -0.720. The van der Waals surface area contributed by atoms with Crippen molar-refractivity contribution in [3.05, 3.63) is 23.2 Å². The predicted molar refractivity (Wildman–Crippen MR) is 51.6 cm³/mol. The Morgan fingerprint density at radius 1 is 1.25 bits per heavy atom. The van der Waals surface area contributed by atoms with Crippen molar-refractivity contribution >= 4 is 0 Å². The fraction of sp³-hybridized carbons (Fsp3) is 0.636. The summed E-state index contributed by atoms with van der Waals surface area (Å²) in [5.74, 6) is 2.81. The third-order valence-corrected chi connectivity index (χ3v) is 2.15. The number of hydrogen-bond acceptors (Lipinski definition) is 1. The quantitative estimate of drug-likeness (QED) is 0.669. The second-order valence-corrected chi connectivity index (χ2v) is 3.46. The second kappa shape index (κ2) is 3.79. The van der Waals surface area contributed by atoms with Crippen LogP contribution < -0.4 is 0 Å². The van der Waals surface area contributed by atoms with Gasteiger partial charge in [-0.2, -0.15) is 0 Å². The van der Waals surface area contributed by atoms with Gasteiger partial charge < -0.3 is 4.42 Å². The maximum atomic E-state index is 5.72. The Bertz CT molecular complexity index is 246. The highest BCUT2D eigenvalue weighted by atomic mass is 16.3. The molecule has 1 heteroatoms. The lowest BCUT2D eigenvalue weighted by molar-refractivity contribution is 0.448. The molecule has 0 aliphatic heterocycles. The van der Waals surface area contributed by atoms with Gasteiger partial charge in [0.2, 0.25) is 0 Å². The molecule has 0 aliphatic carbocycles. The van der Waals surface area contributed by atoms with Crippen LogP contribution >= 0.6 is 0 Å². The van der Waals surface area contributed by atoms with Crippen molar-refractivity contribution in [1.82, 2.24) is 0 Å². The van der Waals surface area contributed by atoms with Gasteiger partial charge in [-0.05, 0) is 18.1 Å². The fourth-order valence-electron chi connectivity index (χ4n) is 1.44. The van der Waals surface area contributed by atoms with E-state index in [2.05, 4.69) is 33.8 Å². The first-order valence-electron chi connectivity index (χ1n) is 4.80. The van der Waals surface area contributed by atoms with E-state index in [1.54, 1.807) is 0 Å². The van der Waals surface area contributed by atoms with E-state index < -0.39 is 0 Å². The van der Waals surface area contributed by atoms with Gasteiger partial charge in [-0.25, -0.2) is 0 Å². The lowest BCUT2D eigenvalue weighted by atomic mass is 10.1. The van der Waals surface area contributed by atoms with E-state index >= 15 is 0 Å². The van der Waals surface area contributed by atoms with Gasteiger partial charge in [0, 0.05) is 12.3 Å². The molecule has 1 nitrogen and oxygen atoms in total. The SMILES string of the molecule is CCc1cc(CC)c(C(C)C)o1. The lowest BCUT2D eigenvalue weighted by Gasteiger charge is -2.02. The summed E-state index contributed by atoms with van der Waals surface area (Å²) in [4.78, 5) is 0. The smallest absolute Gasteiger partial charge is 0.109 e. The largest absolute Gasteiger partial charge is 0.466 e. The van der Waals surface area contributed by atoms with Crippen LogP contribution in [0.25, 0.3) is 0 Å². The van der Waals surface area contributed by atoms with Gasteiger partial charge in [-0.3, -0.25) is 0 Å². The Morgan fingerprint density at radius 2 is 1.92 bits per heavy atom. The molecule has 12 heavy (non-hydrogen) atoms. The molecule has 1 heterocycles. The van der Waals surface area contributed by atoms with Gasteiger partial charge in [0.1, 0.15) is 11.5 Å². The Labute approximate surface area is 74.8 Å². The highest BCUT2D eigenvalue weighted by Gasteiger charge is 2.11. The molecule has 1 aromatic heterocycles. The van der Waals surface area contributed by atoms with E-state index in [1.165, 1.54) is 11.3 Å². The summed E-state index contributed by atoms with van der Waals surface area (Å²) in [6.07, 6.45) is 2.08. The first kappa shape index (κ1) is 9.37. The van der Waals surface area contributed by atoms with Crippen molar-refractivity contribution in [2.75, 3.05) is 0 Å². The minimum absolute atomic E-state index is 0.514. The third kappa shape index (κ3) is 1.71. The van der Waals surface area contributed by atoms with Crippen LogP contribution in [0, 0.1) is 0 Å². The number of furan rings is 1. The average Bonchev–Trinajstić information content (AvgIpc) is 2.47. The molecule has 0 saturated heterocycles. The lowest BCUT2D eigenvalue weighted by Crippen LogP contribution is -1.88. The van der Waals surface area contributed by atoms with Crippen LogP contribution in [-0.2, 0) is 12.8 Å². The first-order chi connectivity index (χ1) is 5.69.